The number of aliphatic carboxylic acids is 1. The van der Waals surface area contributed by atoms with Crippen LogP contribution in [0.2, 0.25) is 0 Å². The van der Waals surface area contributed by atoms with E-state index in [1.165, 1.54) is 16.9 Å². The van der Waals surface area contributed by atoms with E-state index in [4.69, 9.17) is 4.74 Å². The fourth-order valence-corrected chi connectivity index (χ4v) is 4.13. The molecule has 2 aliphatic rings. The first-order valence-electron chi connectivity index (χ1n) is 8.53. The molecule has 1 aromatic carbocycles. The summed E-state index contributed by atoms with van der Waals surface area (Å²) >= 11 is 0. The summed E-state index contributed by atoms with van der Waals surface area (Å²) in [6, 6.07) is 2.06. The van der Waals surface area contributed by atoms with Gasteiger partial charge >= 0.3 is 5.97 Å². The number of methoxy groups -OCH3 is 1. The number of nitrogens with zero attached hydrogens (tertiary/aromatic N) is 2. The fraction of sp³-hybridized carbons (Fsp3) is 0.500. The Kier molecular flexibility index (Phi) is 4.79. The van der Waals surface area contributed by atoms with Crippen molar-refractivity contribution in [1.82, 2.24) is 9.80 Å². The Labute approximate surface area is 154 Å². The third-order valence-electron chi connectivity index (χ3n) is 5.77. The summed E-state index contributed by atoms with van der Waals surface area (Å²) in [7, 11) is 2.78. The topological polar surface area (TPSA) is 87.1 Å². The first-order chi connectivity index (χ1) is 12.7. The SMILES string of the molecule is COc1ccc(F)c(C(=O)N2CCC3(CC2)C(C(=O)O)CC(=O)N3C)c1F. The van der Waals surface area contributed by atoms with Crippen LogP contribution in [0.3, 0.4) is 0 Å². The van der Waals surface area contributed by atoms with Crippen LogP contribution in [-0.2, 0) is 9.59 Å². The van der Waals surface area contributed by atoms with Gasteiger partial charge in [-0.3, -0.25) is 14.4 Å². The summed E-state index contributed by atoms with van der Waals surface area (Å²) in [6.07, 6.45) is 0.370. The molecule has 2 fully saturated rings. The zero-order valence-corrected chi connectivity index (χ0v) is 15.0. The second kappa shape index (κ2) is 6.79. The van der Waals surface area contributed by atoms with Crippen LogP contribution in [0.15, 0.2) is 12.1 Å². The van der Waals surface area contributed by atoms with Gasteiger partial charge in [0.25, 0.3) is 5.91 Å². The molecule has 0 aliphatic carbocycles. The summed E-state index contributed by atoms with van der Waals surface area (Å²) < 4.78 is 33.2. The highest BCUT2D eigenvalue weighted by Gasteiger charge is 2.55. The van der Waals surface area contributed by atoms with Crippen LogP contribution >= 0.6 is 0 Å². The number of rotatable bonds is 3. The second-order valence-corrected chi connectivity index (χ2v) is 6.88. The quantitative estimate of drug-likeness (QED) is 0.856. The number of carboxylic acids is 1. The Morgan fingerprint density at radius 2 is 1.89 bits per heavy atom. The highest BCUT2D eigenvalue weighted by molar-refractivity contribution is 5.95. The predicted molar refractivity (Wildman–Crippen MR) is 89.3 cm³/mol. The summed E-state index contributed by atoms with van der Waals surface area (Å²) in [5.74, 6) is -5.30. The first-order valence-corrected chi connectivity index (χ1v) is 8.53. The van der Waals surface area contributed by atoms with Gasteiger partial charge in [-0.25, -0.2) is 8.78 Å². The van der Waals surface area contributed by atoms with Crippen molar-refractivity contribution in [3.63, 3.8) is 0 Å². The molecule has 9 heteroatoms. The van der Waals surface area contributed by atoms with Crippen molar-refractivity contribution in [3.8, 4) is 5.75 Å². The Bertz CT molecular complexity index is 805. The molecule has 0 saturated carbocycles. The number of amides is 2. The number of ether oxygens (including phenoxy) is 1. The summed E-state index contributed by atoms with van der Waals surface area (Å²) in [5, 5.41) is 9.48. The monoisotopic (exact) mass is 382 g/mol. The zero-order valence-electron chi connectivity index (χ0n) is 15.0. The summed E-state index contributed by atoms with van der Waals surface area (Å²) in [6.45, 7) is 0.187. The third kappa shape index (κ3) is 2.90. The van der Waals surface area contributed by atoms with Crippen LogP contribution in [0.4, 0.5) is 8.78 Å². The molecule has 2 heterocycles. The lowest BCUT2D eigenvalue weighted by Crippen LogP contribution is -2.57. The van der Waals surface area contributed by atoms with Crippen molar-refractivity contribution in [3.05, 3.63) is 29.3 Å². The van der Waals surface area contributed by atoms with Gasteiger partial charge in [0.1, 0.15) is 11.4 Å². The number of hydrogen-bond donors (Lipinski definition) is 1. The number of carbonyl (C=O) groups excluding carboxylic acids is 2. The molecular formula is C18H20F2N2O5. The first kappa shape index (κ1) is 19.1. The van der Waals surface area contributed by atoms with Crippen molar-refractivity contribution >= 4 is 17.8 Å². The number of piperidine rings is 1. The molecule has 2 aliphatic heterocycles. The standard InChI is InChI=1S/C18H20F2N2O5/c1-21-13(23)9-10(17(25)26)18(21)5-7-22(8-6-18)16(24)14-11(19)3-4-12(27-2)15(14)20/h3-4,10H,5-9H2,1-2H3,(H,25,26). The van der Waals surface area contributed by atoms with Gasteiger partial charge in [0.05, 0.1) is 18.6 Å². The zero-order chi connectivity index (χ0) is 19.9. The molecular weight excluding hydrogens is 362 g/mol. The molecule has 0 radical (unpaired) electrons. The Morgan fingerprint density at radius 3 is 2.44 bits per heavy atom. The van der Waals surface area contributed by atoms with Crippen molar-refractivity contribution < 1.29 is 33.0 Å². The fourth-order valence-electron chi connectivity index (χ4n) is 4.13. The van der Waals surface area contributed by atoms with E-state index in [9.17, 15) is 28.3 Å². The summed E-state index contributed by atoms with van der Waals surface area (Å²) in [5.41, 5.74) is -1.58. The highest BCUT2D eigenvalue weighted by atomic mass is 19.1. The molecule has 1 N–H and O–H groups in total. The van der Waals surface area contributed by atoms with Crippen LogP contribution in [-0.4, -0.2) is 65.5 Å². The predicted octanol–water partition coefficient (Wildman–Crippen LogP) is 1.51. The maximum absolute atomic E-state index is 14.4. The number of benzene rings is 1. The van der Waals surface area contributed by atoms with Crippen molar-refractivity contribution in [1.29, 1.82) is 0 Å². The van der Waals surface area contributed by atoms with E-state index in [2.05, 4.69) is 0 Å². The van der Waals surface area contributed by atoms with Gasteiger partial charge in [0, 0.05) is 26.6 Å². The lowest BCUT2D eigenvalue weighted by molar-refractivity contribution is -0.145. The van der Waals surface area contributed by atoms with Crippen LogP contribution in [0, 0.1) is 17.6 Å². The number of carboxylic acid groups (broad SMARTS) is 1. The molecule has 3 rings (SSSR count). The van der Waals surface area contributed by atoms with Crippen LogP contribution in [0.1, 0.15) is 29.6 Å². The van der Waals surface area contributed by atoms with Gasteiger partial charge in [0.15, 0.2) is 11.6 Å². The van der Waals surface area contributed by atoms with E-state index in [0.29, 0.717) is 0 Å². The Morgan fingerprint density at radius 1 is 1.26 bits per heavy atom. The van der Waals surface area contributed by atoms with Crippen molar-refractivity contribution in [2.75, 3.05) is 27.2 Å². The van der Waals surface area contributed by atoms with E-state index >= 15 is 0 Å². The van der Waals surface area contributed by atoms with E-state index in [1.54, 1.807) is 7.05 Å². The highest BCUT2D eigenvalue weighted by Crippen LogP contribution is 2.43. The molecule has 1 unspecified atom stereocenters. The lowest BCUT2D eigenvalue weighted by Gasteiger charge is -2.45. The molecule has 2 amide bonds. The summed E-state index contributed by atoms with van der Waals surface area (Å²) in [4.78, 5) is 39.0. The maximum Gasteiger partial charge on any atom is 0.309 e. The molecule has 146 valence electrons. The lowest BCUT2D eigenvalue weighted by atomic mass is 9.77. The minimum atomic E-state index is -1.07. The van der Waals surface area contributed by atoms with Gasteiger partial charge in [-0.1, -0.05) is 0 Å². The number of hydrogen-bond acceptors (Lipinski definition) is 4. The van der Waals surface area contributed by atoms with Crippen molar-refractivity contribution in [2.45, 2.75) is 24.8 Å². The van der Waals surface area contributed by atoms with E-state index in [0.717, 1.165) is 12.1 Å². The molecule has 7 nitrogen and oxygen atoms in total. The Hall–Kier alpha value is -2.71. The van der Waals surface area contributed by atoms with E-state index in [1.807, 2.05) is 0 Å². The smallest absolute Gasteiger partial charge is 0.309 e. The third-order valence-corrected chi connectivity index (χ3v) is 5.77. The maximum atomic E-state index is 14.4. The van der Waals surface area contributed by atoms with Gasteiger partial charge in [-0.2, -0.15) is 0 Å². The van der Waals surface area contributed by atoms with Gasteiger partial charge in [-0.05, 0) is 25.0 Å². The van der Waals surface area contributed by atoms with Crippen molar-refractivity contribution in [2.24, 2.45) is 5.92 Å². The van der Waals surface area contributed by atoms with Gasteiger partial charge < -0.3 is 19.6 Å². The van der Waals surface area contributed by atoms with Crippen LogP contribution < -0.4 is 4.74 Å². The van der Waals surface area contributed by atoms with Gasteiger partial charge in [0.2, 0.25) is 5.91 Å². The molecule has 27 heavy (non-hydrogen) atoms. The average Bonchev–Trinajstić information content (AvgIpc) is 2.88. The van der Waals surface area contributed by atoms with Gasteiger partial charge in [-0.15, -0.1) is 0 Å². The molecule has 0 aromatic heterocycles. The Balaban J connectivity index is 1.83. The van der Waals surface area contributed by atoms with Crippen LogP contribution in [0.25, 0.3) is 0 Å². The number of likely N-dealkylation sites (tertiary alicyclic amines) is 2. The molecule has 1 atom stereocenters. The molecule has 0 bridgehead atoms. The second-order valence-electron chi connectivity index (χ2n) is 6.88. The van der Waals surface area contributed by atoms with Crippen LogP contribution in [0.5, 0.6) is 5.75 Å². The minimum Gasteiger partial charge on any atom is -0.494 e. The number of carbonyl (C=O) groups is 3. The largest absolute Gasteiger partial charge is 0.494 e. The van der Waals surface area contributed by atoms with E-state index in [-0.39, 0.29) is 44.0 Å². The molecule has 2 saturated heterocycles. The van der Waals surface area contributed by atoms with E-state index < -0.39 is 40.5 Å². The average molecular weight is 382 g/mol. The molecule has 1 spiro atoms. The number of halogens is 2. The minimum absolute atomic E-state index is 0.0844. The molecule has 1 aromatic rings. The normalized spacial score (nSPS) is 21.6.